The van der Waals surface area contributed by atoms with E-state index >= 15 is 0 Å². The molecule has 0 aliphatic rings. The van der Waals surface area contributed by atoms with Gasteiger partial charge in [-0.05, 0) is 73.5 Å². The third kappa shape index (κ3) is 5.61. The Morgan fingerprint density at radius 2 is 1.66 bits per heavy atom. The number of Topliss-reactive ketones (excluding diaryl/α,β-unsaturated/α-hetero) is 1. The molecule has 0 heterocycles. The van der Waals surface area contributed by atoms with Gasteiger partial charge in [0, 0.05) is 17.7 Å². The minimum absolute atomic E-state index is 0.0756. The quantitative estimate of drug-likeness (QED) is 0.468. The zero-order chi connectivity index (χ0) is 20.6. The standard InChI is InChI=1S/C25H27NO3/c1-4-29-23-14-8-19(9-15-23)24(26-21-7-5-6-18(2)16-21)17-25(27)20-10-12-22(28-3)13-11-20/h5-16,24,26H,4,17H2,1-3H3. The number of carbonyl (C=O) groups excluding carboxylic acids is 1. The van der Waals surface area contributed by atoms with Gasteiger partial charge in [0.2, 0.25) is 0 Å². The molecule has 0 aromatic heterocycles. The number of hydrogen-bond donors (Lipinski definition) is 1. The van der Waals surface area contributed by atoms with Crippen LogP contribution in [0, 0.1) is 6.92 Å². The molecule has 0 saturated heterocycles. The Labute approximate surface area is 172 Å². The molecule has 4 heteroatoms. The van der Waals surface area contributed by atoms with Crippen LogP contribution in [0.15, 0.2) is 72.8 Å². The first kappa shape index (κ1) is 20.5. The minimum atomic E-state index is -0.151. The number of ketones is 1. The number of anilines is 1. The van der Waals surface area contributed by atoms with E-state index in [1.807, 2.05) is 67.6 Å². The Bertz CT molecular complexity index is 933. The van der Waals surface area contributed by atoms with Crippen molar-refractivity contribution in [2.75, 3.05) is 19.0 Å². The summed E-state index contributed by atoms with van der Waals surface area (Å²) in [7, 11) is 1.62. The van der Waals surface area contributed by atoms with Crippen LogP contribution < -0.4 is 14.8 Å². The molecule has 3 aromatic rings. The van der Waals surface area contributed by atoms with Crippen LogP contribution in [0.25, 0.3) is 0 Å². The van der Waals surface area contributed by atoms with Gasteiger partial charge < -0.3 is 14.8 Å². The van der Waals surface area contributed by atoms with Gasteiger partial charge in [0.15, 0.2) is 5.78 Å². The summed E-state index contributed by atoms with van der Waals surface area (Å²) in [5.41, 5.74) is 3.87. The Balaban J connectivity index is 1.83. The van der Waals surface area contributed by atoms with Gasteiger partial charge in [-0.1, -0.05) is 24.3 Å². The molecular weight excluding hydrogens is 362 g/mol. The lowest BCUT2D eigenvalue weighted by Crippen LogP contribution is -2.16. The number of nitrogens with one attached hydrogen (secondary N) is 1. The lowest BCUT2D eigenvalue weighted by molar-refractivity contribution is 0.0976. The van der Waals surface area contributed by atoms with E-state index in [0.29, 0.717) is 18.6 Å². The molecule has 3 rings (SSSR count). The zero-order valence-corrected chi connectivity index (χ0v) is 17.1. The highest BCUT2D eigenvalue weighted by Gasteiger charge is 2.18. The molecule has 0 fully saturated rings. The van der Waals surface area contributed by atoms with E-state index in [9.17, 15) is 4.79 Å². The average Bonchev–Trinajstić information content (AvgIpc) is 2.74. The molecule has 0 bridgehead atoms. The molecule has 0 saturated carbocycles. The van der Waals surface area contributed by atoms with E-state index in [-0.39, 0.29) is 11.8 Å². The first-order valence-corrected chi connectivity index (χ1v) is 9.82. The van der Waals surface area contributed by atoms with Crippen LogP contribution in [0.5, 0.6) is 11.5 Å². The van der Waals surface area contributed by atoms with E-state index in [1.165, 1.54) is 5.56 Å². The highest BCUT2D eigenvalue weighted by molar-refractivity contribution is 5.96. The molecular formula is C25H27NO3. The van der Waals surface area contributed by atoms with Gasteiger partial charge >= 0.3 is 0 Å². The summed E-state index contributed by atoms with van der Waals surface area (Å²) < 4.78 is 10.7. The molecule has 0 amide bonds. The largest absolute Gasteiger partial charge is 0.497 e. The summed E-state index contributed by atoms with van der Waals surface area (Å²) in [5, 5.41) is 3.52. The van der Waals surface area contributed by atoms with E-state index in [2.05, 4.69) is 24.4 Å². The van der Waals surface area contributed by atoms with Gasteiger partial charge in [-0.2, -0.15) is 0 Å². The SMILES string of the molecule is CCOc1ccc(C(CC(=O)c2ccc(OC)cc2)Nc2cccc(C)c2)cc1. The highest BCUT2D eigenvalue weighted by Crippen LogP contribution is 2.27. The van der Waals surface area contributed by atoms with Crippen molar-refractivity contribution in [2.24, 2.45) is 0 Å². The van der Waals surface area contributed by atoms with Crippen LogP contribution in [0.1, 0.15) is 40.9 Å². The van der Waals surface area contributed by atoms with Crippen LogP contribution >= 0.6 is 0 Å². The normalized spacial score (nSPS) is 11.6. The van der Waals surface area contributed by atoms with Gasteiger partial charge in [-0.15, -0.1) is 0 Å². The van der Waals surface area contributed by atoms with Gasteiger partial charge in [0.1, 0.15) is 11.5 Å². The molecule has 4 nitrogen and oxygen atoms in total. The maximum atomic E-state index is 12.9. The van der Waals surface area contributed by atoms with Crippen LogP contribution in [-0.2, 0) is 0 Å². The lowest BCUT2D eigenvalue weighted by Gasteiger charge is -2.21. The Morgan fingerprint density at radius 1 is 0.966 bits per heavy atom. The molecule has 1 unspecified atom stereocenters. The topological polar surface area (TPSA) is 47.6 Å². The number of carbonyl (C=O) groups is 1. The van der Waals surface area contributed by atoms with E-state index in [0.717, 1.165) is 22.7 Å². The fourth-order valence-corrected chi connectivity index (χ4v) is 3.23. The van der Waals surface area contributed by atoms with Crippen LogP contribution in [0.3, 0.4) is 0 Å². The van der Waals surface area contributed by atoms with E-state index < -0.39 is 0 Å². The number of methoxy groups -OCH3 is 1. The van der Waals surface area contributed by atoms with Crippen LogP contribution in [-0.4, -0.2) is 19.5 Å². The van der Waals surface area contributed by atoms with Crippen molar-refractivity contribution in [2.45, 2.75) is 26.3 Å². The molecule has 29 heavy (non-hydrogen) atoms. The van der Waals surface area contributed by atoms with Crippen LogP contribution in [0.4, 0.5) is 5.69 Å². The second kappa shape index (κ2) is 9.78. The first-order valence-electron chi connectivity index (χ1n) is 9.82. The molecule has 1 atom stereocenters. The van der Waals surface area contributed by atoms with Gasteiger partial charge in [-0.3, -0.25) is 4.79 Å². The fraction of sp³-hybridized carbons (Fsp3) is 0.240. The van der Waals surface area contributed by atoms with Crippen molar-refractivity contribution in [3.63, 3.8) is 0 Å². The summed E-state index contributed by atoms with van der Waals surface area (Å²) in [4.78, 5) is 12.9. The van der Waals surface area contributed by atoms with Crippen molar-refractivity contribution in [3.8, 4) is 11.5 Å². The zero-order valence-electron chi connectivity index (χ0n) is 17.1. The number of aryl methyl sites for hydroxylation is 1. The van der Waals surface area contributed by atoms with Crippen molar-refractivity contribution >= 4 is 11.5 Å². The lowest BCUT2D eigenvalue weighted by atomic mass is 9.97. The minimum Gasteiger partial charge on any atom is -0.497 e. The summed E-state index contributed by atoms with van der Waals surface area (Å²) in [6, 6.07) is 23.2. The molecule has 1 N–H and O–H groups in total. The summed E-state index contributed by atoms with van der Waals surface area (Å²) in [6.45, 7) is 4.64. The Kier molecular flexibility index (Phi) is 6.90. The number of rotatable bonds is 9. The maximum absolute atomic E-state index is 12.9. The molecule has 150 valence electrons. The summed E-state index contributed by atoms with van der Waals surface area (Å²) in [5.74, 6) is 1.64. The Morgan fingerprint density at radius 3 is 2.28 bits per heavy atom. The number of ether oxygens (including phenoxy) is 2. The second-order valence-corrected chi connectivity index (χ2v) is 6.92. The van der Waals surface area contributed by atoms with E-state index in [1.54, 1.807) is 7.11 Å². The first-order chi connectivity index (χ1) is 14.1. The third-order valence-corrected chi connectivity index (χ3v) is 4.75. The van der Waals surface area contributed by atoms with Crippen molar-refractivity contribution in [1.82, 2.24) is 0 Å². The van der Waals surface area contributed by atoms with Crippen molar-refractivity contribution in [1.29, 1.82) is 0 Å². The average molecular weight is 389 g/mol. The maximum Gasteiger partial charge on any atom is 0.165 e. The van der Waals surface area contributed by atoms with Gasteiger partial charge in [0.25, 0.3) is 0 Å². The van der Waals surface area contributed by atoms with Crippen molar-refractivity contribution < 1.29 is 14.3 Å². The Hall–Kier alpha value is -3.27. The monoisotopic (exact) mass is 389 g/mol. The van der Waals surface area contributed by atoms with Gasteiger partial charge in [-0.25, -0.2) is 0 Å². The summed E-state index contributed by atoms with van der Waals surface area (Å²) in [6.07, 6.45) is 0.342. The molecule has 0 aliphatic heterocycles. The molecule has 0 aliphatic carbocycles. The van der Waals surface area contributed by atoms with Gasteiger partial charge in [0.05, 0.1) is 19.8 Å². The highest BCUT2D eigenvalue weighted by atomic mass is 16.5. The number of hydrogen-bond acceptors (Lipinski definition) is 4. The van der Waals surface area contributed by atoms with Crippen LogP contribution in [0.2, 0.25) is 0 Å². The third-order valence-electron chi connectivity index (χ3n) is 4.75. The number of benzene rings is 3. The fourth-order valence-electron chi connectivity index (χ4n) is 3.23. The molecule has 3 aromatic carbocycles. The molecule has 0 spiro atoms. The van der Waals surface area contributed by atoms with Crippen molar-refractivity contribution in [3.05, 3.63) is 89.5 Å². The molecule has 0 radical (unpaired) electrons. The smallest absolute Gasteiger partial charge is 0.165 e. The predicted molar refractivity (Wildman–Crippen MR) is 117 cm³/mol. The van der Waals surface area contributed by atoms with E-state index in [4.69, 9.17) is 9.47 Å². The second-order valence-electron chi connectivity index (χ2n) is 6.92. The predicted octanol–water partition coefficient (Wildman–Crippen LogP) is 5.83. The summed E-state index contributed by atoms with van der Waals surface area (Å²) >= 11 is 0.